The summed E-state index contributed by atoms with van der Waals surface area (Å²) in [4.78, 5) is 45.5. The molecule has 0 radical (unpaired) electrons. The molecule has 216 valence electrons. The summed E-state index contributed by atoms with van der Waals surface area (Å²) in [6, 6.07) is 22.5. The van der Waals surface area contributed by atoms with Gasteiger partial charge in [0.05, 0.1) is 0 Å². The number of likely N-dealkylation sites (tertiary alicyclic amines) is 1. The quantitative estimate of drug-likeness (QED) is 0.264. The molecule has 3 aromatic carbocycles. The standard InChI is InChI=1S/C34H37N5O3/c1-22(29-21-36-30-10-6-5-9-28(29)30)31(33(41)37-27-12-11-23-13-16-35-20-26(23)19-27)38-32(40)24-14-17-39(18-15-24)34(42)25-7-3-2-4-8-25/h2-12,19,21-22,24,31,35-36H,13-18,20H2,1H3,(H,37,41)(H,38,40). The van der Waals surface area contributed by atoms with Crippen LogP contribution in [-0.4, -0.2) is 53.3 Å². The van der Waals surface area contributed by atoms with Crippen molar-refractivity contribution in [3.8, 4) is 0 Å². The zero-order valence-corrected chi connectivity index (χ0v) is 23.9. The van der Waals surface area contributed by atoms with Crippen LogP contribution in [0, 0.1) is 5.92 Å². The molecule has 1 aromatic heterocycles. The number of hydrogen-bond acceptors (Lipinski definition) is 4. The van der Waals surface area contributed by atoms with Crippen molar-refractivity contribution in [3.63, 3.8) is 0 Å². The van der Waals surface area contributed by atoms with Crippen LogP contribution in [0.15, 0.2) is 79.0 Å². The molecule has 2 aliphatic rings. The molecule has 2 atom stereocenters. The van der Waals surface area contributed by atoms with Crippen LogP contribution in [0.25, 0.3) is 10.9 Å². The van der Waals surface area contributed by atoms with Gasteiger partial charge in [-0.15, -0.1) is 0 Å². The van der Waals surface area contributed by atoms with Crippen LogP contribution >= 0.6 is 0 Å². The van der Waals surface area contributed by atoms with E-state index in [9.17, 15) is 14.4 Å². The van der Waals surface area contributed by atoms with E-state index in [1.54, 1.807) is 0 Å². The Morgan fingerprint density at radius 1 is 0.929 bits per heavy atom. The predicted octanol–water partition coefficient (Wildman–Crippen LogP) is 4.59. The fourth-order valence-corrected chi connectivity index (χ4v) is 6.23. The number of H-pyrrole nitrogens is 1. The number of carbonyl (C=O) groups excluding carboxylic acids is 3. The summed E-state index contributed by atoms with van der Waals surface area (Å²) in [5.41, 5.74) is 5.82. The Morgan fingerprint density at radius 2 is 1.69 bits per heavy atom. The number of amides is 3. The van der Waals surface area contributed by atoms with E-state index >= 15 is 0 Å². The summed E-state index contributed by atoms with van der Waals surface area (Å²) in [7, 11) is 0. The van der Waals surface area contributed by atoms with Gasteiger partial charge in [0.2, 0.25) is 11.8 Å². The van der Waals surface area contributed by atoms with E-state index in [2.05, 4.69) is 27.0 Å². The third-order valence-electron chi connectivity index (χ3n) is 8.73. The molecule has 0 bridgehead atoms. The van der Waals surface area contributed by atoms with Gasteiger partial charge in [0.25, 0.3) is 5.91 Å². The third kappa shape index (κ3) is 5.81. The Bertz CT molecular complexity index is 1590. The van der Waals surface area contributed by atoms with Gasteiger partial charge in [-0.3, -0.25) is 14.4 Å². The highest BCUT2D eigenvalue weighted by molar-refractivity contribution is 5.99. The molecular formula is C34H37N5O3. The maximum Gasteiger partial charge on any atom is 0.253 e. The minimum Gasteiger partial charge on any atom is -0.361 e. The number of aromatic amines is 1. The van der Waals surface area contributed by atoms with E-state index in [1.807, 2.05) is 84.8 Å². The molecule has 4 N–H and O–H groups in total. The number of para-hydroxylation sites is 1. The van der Waals surface area contributed by atoms with Crippen molar-refractivity contribution in [1.82, 2.24) is 20.5 Å². The Labute approximate surface area is 245 Å². The number of fused-ring (bicyclic) bond motifs is 2. The van der Waals surface area contributed by atoms with Crippen molar-refractivity contribution in [2.45, 2.75) is 44.7 Å². The van der Waals surface area contributed by atoms with Gasteiger partial charge in [-0.1, -0.05) is 49.4 Å². The van der Waals surface area contributed by atoms with Crippen molar-refractivity contribution in [1.29, 1.82) is 0 Å². The zero-order valence-electron chi connectivity index (χ0n) is 23.9. The Balaban J connectivity index is 1.18. The molecule has 42 heavy (non-hydrogen) atoms. The molecule has 8 nitrogen and oxygen atoms in total. The van der Waals surface area contributed by atoms with E-state index in [1.165, 1.54) is 11.1 Å². The first-order valence-electron chi connectivity index (χ1n) is 14.8. The lowest BCUT2D eigenvalue weighted by Crippen LogP contribution is -2.50. The second-order valence-electron chi connectivity index (χ2n) is 11.4. The van der Waals surface area contributed by atoms with Gasteiger partial charge in [0.15, 0.2) is 0 Å². The first-order valence-corrected chi connectivity index (χ1v) is 14.8. The van der Waals surface area contributed by atoms with Gasteiger partial charge < -0.3 is 25.8 Å². The van der Waals surface area contributed by atoms with Crippen LogP contribution in [0.3, 0.4) is 0 Å². The number of rotatable bonds is 7. The molecule has 1 saturated heterocycles. The molecular weight excluding hydrogens is 526 g/mol. The largest absolute Gasteiger partial charge is 0.361 e. The normalized spacial score (nSPS) is 16.8. The van der Waals surface area contributed by atoms with Gasteiger partial charge in [0, 0.05) is 59.8 Å². The zero-order chi connectivity index (χ0) is 29.1. The first kappa shape index (κ1) is 27.7. The Morgan fingerprint density at radius 3 is 2.50 bits per heavy atom. The number of nitrogens with zero attached hydrogens (tertiary/aromatic N) is 1. The highest BCUT2D eigenvalue weighted by Gasteiger charge is 2.34. The number of aromatic nitrogens is 1. The van der Waals surface area contributed by atoms with Crippen molar-refractivity contribution in [2.75, 3.05) is 25.0 Å². The lowest BCUT2D eigenvalue weighted by Gasteiger charge is -2.33. The number of hydrogen-bond donors (Lipinski definition) is 4. The molecule has 8 heteroatoms. The van der Waals surface area contributed by atoms with Crippen LogP contribution < -0.4 is 16.0 Å². The number of nitrogens with one attached hydrogen (secondary N) is 4. The molecule has 2 unspecified atom stereocenters. The van der Waals surface area contributed by atoms with E-state index in [0.717, 1.165) is 41.7 Å². The molecule has 0 aliphatic carbocycles. The summed E-state index contributed by atoms with van der Waals surface area (Å²) in [6.45, 7) is 4.72. The second kappa shape index (κ2) is 12.2. The number of carbonyl (C=O) groups is 3. The highest BCUT2D eigenvalue weighted by atomic mass is 16.2. The average molecular weight is 564 g/mol. The van der Waals surface area contributed by atoms with Crippen molar-refractivity contribution < 1.29 is 14.4 Å². The summed E-state index contributed by atoms with van der Waals surface area (Å²) in [5.74, 6) is -0.973. The molecule has 3 heterocycles. The van der Waals surface area contributed by atoms with Crippen molar-refractivity contribution >= 4 is 34.3 Å². The summed E-state index contributed by atoms with van der Waals surface area (Å²) in [6.07, 6.45) is 4.01. The predicted molar refractivity (Wildman–Crippen MR) is 164 cm³/mol. The molecule has 6 rings (SSSR count). The van der Waals surface area contributed by atoms with E-state index in [0.29, 0.717) is 31.5 Å². The van der Waals surface area contributed by atoms with Gasteiger partial charge in [-0.25, -0.2) is 0 Å². The Kier molecular flexibility index (Phi) is 8.06. The first-order chi connectivity index (χ1) is 20.5. The molecule has 0 spiro atoms. The van der Waals surface area contributed by atoms with Crippen molar-refractivity contribution in [3.05, 3.63) is 101 Å². The van der Waals surface area contributed by atoms with E-state index < -0.39 is 6.04 Å². The lowest BCUT2D eigenvalue weighted by atomic mass is 9.90. The summed E-state index contributed by atoms with van der Waals surface area (Å²) >= 11 is 0. The Hall–Kier alpha value is -4.43. The maximum absolute atomic E-state index is 13.9. The van der Waals surface area contributed by atoms with Crippen LogP contribution in [0.5, 0.6) is 0 Å². The van der Waals surface area contributed by atoms with Gasteiger partial charge in [-0.2, -0.15) is 0 Å². The lowest BCUT2D eigenvalue weighted by molar-refractivity contribution is -0.130. The van der Waals surface area contributed by atoms with Crippen LogP contribution in [0.2, 0.25) is 0 Å². The SMILES string of the molecule is CC(c1c[nH]c2ccccc12)C(NC(=O)C1CCN(C(=O)c2ccccc2)CC1)C(=O)Nc1ccc2c(c1)CNCC2. The topological polar surface area (TPSA) is 106 Å². The van der Waals surface area contributed by atoms with E-state index in [4.69, 9.17) is 0 Å². The van der Waals surface area contributed by atoms with Crippen LogP contribution in [-0.2, 0) is 22.6 Å². The van der Waals surface area contributed by atoms with Gasteiger partial charge >= 0.3 is 0 Å². The van der Waals surface area contributed by atoms with Crippen LogP contribution in [0.4, 0.5) is 5.69 Å². The average Bonchev–Trinajstić information content (AvgIpc) is 3.47. The van der Waals surface area contributed by atoms with Crippen LogP contribution in [0.1, 0.15) is 52.7 Å². The number of benzene rings is 3. The minimum absolute atomic E-state index is 0.0140. The van der Waals surface area contributed by atoms with Gasteiger partial charge in [-0.05, 0) is 72.8 Å². The maximum atomic E-state index is 13.9. The number of anilines is 1. The minimum atomic E-state index is -0.783. The molecule has 3 amide bonds. The second-order valence-corrected chi connectivity index (χ2v) is 11.4. The van der Waals surface area contributed by atoms with Gasteiger partial charge in [0.1, 0.15) is 6.04 Å². The summed E-state index contributed by atoms with van der Waals surface area (Å²) < 4.78 is 0. The molecule has 4 aromatic rings. The smallest absolute Gasteiger partial charge is 0.253 e. The number of piperidine rings is 1. The molecule has 0 saturated carbocycles. The fourth-order valence-electron chi connectivity index (χ4n) is 6.23. The monoisotopic (exact) mass is 563 g/mol. The van der Waals surface area contributed by atoms with Crippen molar-refractivity contribution in [2.24, 2.45) is 5.92 Å². The van der Waals surface area contributed by atoms with E-state index in [-0.39, 0.29) is 29.6 Å². The summed E-state index contributed by atoms with van der Waals surface area (Å²) in [5, 5.41) is 10.6. The highest BCUT2D eigenvalue weighted by Crippen LogP contribution is 2.29. The molecule has 1 fully saturated rings. The molecule has 2 aliphatic heterocycles. The fraction of sp³-hybridized carbons (Fsp3) is 0.324. The third-order valence-corrected chi connectivity index (χ3v) is 8.73.